The monoisotopic (exact) mass is 398 g/mol. The van der Waals surface area contributed by atoms with Crippen LogP contribution < -0.4 is 4.74 Å². The lowest BCUT2D eigenvalue weighted by Gasteiger charge is -2.08. The first-order valence-electron chi connectivity index (χ1n) is 9.93. The molecule has 0 aliphatic heterocycles. The Hall–Kier alpha value is -1.51. The van der Waals surface area contributed by atoms with Crippen LogP contribution in [0.25, 0.3) is 0 Å². The van der Waals surface area contributed by atoms with Crippen LogP contribution in [0.2, 0.25) is 0 Å². The van der Waals surface area contributed by atoms with Crippen LogP contribution in [0.1, 0.15) is 30.1 Å². The van der Waals surface area contributed by atoms with Gasteiger partial charge in [0.05, 0.1) is 59.5 Å². The molecule has 0 saturated heterocycles. The van der Waals surface area contributed by atoms with Gasteiger partial charge in [0, 0.05) is 12.2 Å². The van der Waals surface area contributed by atoms with E-state index in [-0.39, 0.29) is 0 Å². The van der Waals surface area contributed by atoms with Crippen LogP contribution in [-0.2, 0) is 23.7 Å². The van der Waals surface area contributed by atoms with E-state index in [1.165, 1.54) is 0 Å². The summed E-state index contributed by atoms with van der Waals surface area (Å²) in [6, 6.07) is 6.96. The topological polar surface area (TPSA) is 72.5 Å². The fourth-order valence-electron chi connectivity index (χ4n) is 2.09. The Kier molecular flexibility index (Phi) is 16.5. The molecule has 0 heterocycles. The van der Waals surface area contributed by atoms with Gasteiger partial charge >= 0.3 is 0 Å². The summed E-state index contributed by atoms with van der Waals surface area (Å²) in [7, 11) is 0. The molecular formula is C21H34O7. The Labute approximate surface area is 168 Å². The predicted octanol–water partition coefficient (Wildman–Crippen LogP) is 2.76. The average molecular weight is 398 g/mol. The first-order chi connectivity index (χ1) is 13.9. The fraction of sp³-hybridized carbons (Fsp3) is 0.667. The van der Waals surface area contributed by atoms with Gasteiger partial charge in [-0.2, -0.15) is 0 Å². The fourth-order valence-corrected chi connectivity index (χ4v) is 2.09. The van der Waals surface area contributed by atoms with Gasteiger partial charge in [-0.25, -0.2) is 0 Å². The summed E-state index contributed by atoms with van der Waals surface area (Å²) < 4.78 is 32.6. The summed E-state index contributed by atoms with van der Waals surface area (Å²) >= 11 is 0. The van der Waals surface area contributed by atoms with Crippen molar-refractivity contribution in [2.24, 2.45) is 0 Å². The summed E-state index contributed by atoms with van der Waals surface area (Å²) in [5.41, 5.74) is 0.629. The summed E-state index contributed by atoms with van der Waals surface area (Å²) in [4.78, 5) is 10.6. The maximum atomic E-state index is 10.6. The minimum atomic E-state index is 0.452. The highest BCUT2D eigenvalue weighted by Gasteiger charge is 1.96. The van der Waals surface area contributed by atoms with Crippen molar-refractivity contribution in [1.82, 2.24) is 0 Å². The van der Waals surface area contributed by atoms with Crippen LogP contribution in [0.5, 0.6) is 5.75 Å². The number of hydrogen-bond acceptors (Lipinski definition) is 7. The second kappa shape index (κ2) is 18.8. The minimum absolute atomic E-state index is 0.452. The number of ether oxygens (including phenoxy) is 6. The molecule has 160 valence electrons. The van der Waals surface area contributed by atoms with E-state index in [0.29, 0.717) is 71.6 Å². The molecule has 0 aliphatic rings. The molecule has 0 saturated carbocycles. The van der Waals surface area contributed by atoms with Crippen molar-refractivity contribution >= 4 is 6.29 Å². The zero-order valence-corrected chi connectivity index (χ0v) is 16.9. The standard InChI is InChI=1S/C21H34O7/c1-2-3-8-23-9-10-24-11-12-25-13-14-26-15-16-27-17-18-28-21-6-4-20(19-22)5-7-21/h4-7,19H,2-3,8-18H2,1H3. The van der Waals surface area contributed by atoms with Crippen molar-refractivity contribution in [3.05, 3.63) is 29.8 Å². The first-order valence-corrected chi connectivity index (χ1v) is 9.93. The molecule has 0 fully saturated rings. The lowest BCUT2D eigenvalue weighted by Crippen LogP contribution is -2.14. The van der Waals surface area contributed by atoms with Gasteiger partial charge in [-0.3, -0.25) is 4.79 Å². The number of carbonyl (C=O) groups excluding carboxylic acids is 1. The maximum Gasteiger partial charge on any atom is 0.150 e. The highest BCUT2D eigenvalue weighted by atomic mass is 16.6. The van der Waals surface area contributed by atoms with Crippen LogP contribution in [-0.4, -0.2) is 79.0 Å². The van der Waals surface area contributed by atoms with Crippen molar-refractivity contribution in [3.63, 3.8) is 0 Å². The number of hydrogen-bond donors (Lipinski definition) is 0. The van der Waals surface area contributed by atoms with Gasteiger partial charge in [-0.1, -0.05) is 13.3 Å². The quantitative estimate of drug-likeness (QED) is 0.247. The van der Waals surface area contributed by atoms with E-state index < -0.39 is 0 Å². The van der Waals surface area contributed by atoms with E-state index in [1.54, 1.807) is 24.3 Å². The van der Waals surface area contributed by atoms with E-state index in [4.69, 9.17) is 28.4 Å². The highest BCUT2D eigenvalue weighted by Crippen LogP contribution is 2.10. The number of rotatable bonds is 20. The lowest BCUT2D eigenvalue weighted by atomic mass is 10.2. The Bertz CT molecular complexity index is 464. The molecule has 1 aromatic rings. The van der Waals surface area contributed by atoms with Crippen molar-refractivity contribution in [2.75, 3.05) is 72.7 Å². The van der Waals surface area contributed by atoms with Gasteiger partial charge in [-0.05, 0) is 30.7 Å². The second-order valence-electron chi connectivity index (χ2n) is 5.95. The van der Waals surface area contributed by atoms with Gasteiger partial charge in [0.2, 0.25) is 0 Å². The summed E-state index contributed by atoms with van der Waals surface area (Å²) in [6.45, 7) is 8.34. The zero-order chi connectivity index (χ0) is 20.1. The third kappa shape index (κ3) is 14.5. The summed E-state index contributed by atoms with van der Waals surface area (Å²) in [6.07, 6.45) is 3.05. The molecule has 0 aliphatic carbocycles. The third-order valence-electron chi connectivity index (χ3n) is 3.64. The molecule has 7 heteroatoms. The van der Waals surface area contributed by atoms with E-state index >= 15 is 0 Å². The van der Waals surface area contributed by atoms with Crippen LogP contribution in [0.15, 0.2) is 24.3 Å². The molecule has 28 heavy (non-hydrogen) atoms. The molecule has 7 nitrogen and oxygen atoms in total. The molecule has 0 bridgehead atoms. The Morgan fingerprint density at radius 1 is 0.643 bits per heavy atom. The van der Waals surface area contributed by atoms with Gasteiger partial charge in [0.1, 0.15) is 18.6 Å². The van der Waals surface area contributed by atoms with Crippen LogP contribution in [0, 0.1) is 0 Å². The van der Waals surface area contributed by atoms with Crippen LogP contribution in [0.4, 0.5) is 0 Å². The van der Waals surface area contributed by atoms with Crippen molar-refractivity contribution < 1.29 is 33.2 Å². The largest absolute Gasteiger partial charge is 0.491 e. The van der Waals surface area contributed by atoms with Gasteiger partial charge in [-0.15, -0.1) is 0 Å². The summed E-state index contributed by atoms with van der Waals surface area (Å²) in [5, 5.41) is 0. The Morgan fingerprint density at radius 3 is 1.50 bits per heavy atom. The Balaban J connectivity index is 1.74. The number of benzene rings is 1. The van der Waals surface area contributed by atoms with E-state index in [9.17, 15) is 4.79 Å². The molecule has 0 spiro atoms. The minimum Gasteiger partial charge on any atom is -0.491 e. The smallest absolute Gasteiger partial charge is 0.150 e. The van der Waals surface area contributed by atoms with Crippen molar-refractivity contribution in [2.45, 2.75) is 19.8 Å². The molecule has 0 aromatic heterocycles. The molecule has 0 N–H and O–H groups in total. The molecular weight excluding hydrogens is 364 g/mol. The highest BCUT2D eigenvalue weighted by molar-refractivity contribution is 5.74. The second-order valence-corrected chi connectivity index (χ2v) is 5.95. The molecule has 0 amide bonds. The molecule has 1 aromatic carbocycles. The maximum absolute atomic E-state index is 10.6. The normalized spacial score (nSPS) is 10.9. The molecule has 0 atom stereocenters. The lowest BCUT2D eigenvalue weighted by molar-refractivity contribution is -0.0128. The Morgan fingerprint density at radius 2 is 1.07 bits per heavy atom. The zero-order valence-electron chi connectivity index (χ0n) is 16.9. The summed E-state index contributed by atoms with van der Waals surface area (Å²) in [5.74, 6) is 0.718. The number of aldehydes is 1. The number of unbranched alkanes of at least 4 members (excludes halogenated alkanes) is 1. The SMILES string of the molecule is CCCCOCCOCCOCCOCCOCCOc1ccc(C=O)cc1. The number of carbonyl (C=O) groups is 1. The van der Waals surface area contributed by atoms with Gasteiger partial charge in [0.15, 0.2) is 0 Å². The predicted molar refractivity (Wildman–Crippen MR) is 106 cm³/mol. The van der Waals surface area contributed by atoms with E-state index in [0.717, 1.165) is 31.5 Å². The molecule has 1 rings (SSSR count). The van der Waals surface area contributed by atoms with Crippen LogP contribution >= 0.6 is 0 Å². The van der Waals surface area contributed by atoms with Crippen molar-refractivity contribution in [3.8, 4) is 5.75 Å². The van der Waals surface area contributed by atoms with Crippen LogP contribution in [0.3, 0.4) is 0 Å². The average Bonchev–Trinajstić information content (AvgIpc) is 2.73. The van der Waals surface area contributed by atoms with E-state index in [1.807, 2.05) is 0 Å². The first kappa shape index (κ1) is 24.5. The van der Waals surface area contributed by atoms with E-state index in [2.05, 4.69) is 6.92 Å². The van der Waals surface area contributed by atoms with Gasteiger partial charge < -0.3 is 28.4 Å². The molecule has 0 unspecified atom stereocenters. The molecule has 0 radical (unpaired) electrons. The van der Waals surface area contributed by atoms with Gasteiger partial charge in [0.25, 0.3) is 0 Å². The third-order valence-corrected chi connectivity index (χ3v) is 3.64. The van der Waals surface area contributed by atoms with Crippen molar-refractivity contribution in [1.29, 1.82) is 0 Å².